The van der Waals surface area contributed by atoms with Crippen LogP contribution in [0.15, 0.2) is 30.5 Å². The predicted molar refractivity (Wildman–Crippen MR) is 92.1 cm³/mol. The van der Waals surface area contributed by atoms with Crippen molar-refractivity contribution in [3.05, 3.63) is 53.1 Å². The first kappa shape index (κ1) is 18.1. The first-order chi connectivity index (χ1) is 11.4. The van der Waals surface area contributed by atoms with Gasteiger partial charge in [0.25, 0.3) is 0 Å². The van der Waals surface area contributed by atoms with E-state index < -0.39 is 0 Å². The fourth-order valence-corrected chi connectivity index (χ4v) is 2.46. The van der Waals surface area contributed by atoms with Crippen LogP contribution in [0.2, 0.25) is 0 Å². The average molecular weight is 332 g/mol. The van der Waals surface area contributed by atoms with E-state index in [4.69, 9.17) is 0 Å². The van der Waals surface area contributed by atoms with Gasteiger partial charge < -0.3 is 10.6 Å². The molecule has 2 rings (SSSR count). The van der Waals surface area contributed by atoms with Crippen LogP contribution in [0, 0.1) is 5.82 Å². The number of benzene rings is 1. The molecule has 130 valence electrons. The van der Waals surface area contributed by atoms with Crippen LogP contribution in [0.1, 0.15) is 37.6 Å². The summed E-state index contributed by atoms with van der Waals surface area (Å²) in [5.41, 5.74) is 3.09. The number of aromatic nitrogens is 2. The molecule has 24 heavy (non-hydrogen) atoms. The maximum absolute atomic E-state index is 12.8. The Morgan fingerprint density at radius 2 is 1.92 bits per heavy atom. The summed E-state index contributed by atoms with van der Waals surface area (Å²) in [6, 6.07) is 5.98. The molecule has 0 bridgehead atoms. The first-order valence-electron chi connectivity index (χ1n) is 8.11. The second-order valence-electron chi connectivity index (χ2n) is 6.85. The summed E-state index contributed by atoms with van der Waals surface area (Å²) in [6.07, 6.45) is 2.09. The summed E-state index contributed by atoms with van der Waals surface area (Å²) in [5.74, 6) is -0.362. The molecule has 0 saturated carbocycles. The molecule has 1 heterocycles. The van der Waals surface area contributed by atoms with Crippen LogP contribution < -0.4 is 10.6 Å². The molecule has 1 aromatic heterocycles. The van der Waals surface area contributed by atoms with Crippen molar-refractivity contribution >= 4 is 5.91 Å². The normalized spacial score (nSPS) is 11.5. The maximum atomic E-state index is 12.8. The van der Waals surface area contributed by atoms with E-state index in [1.165, 1.54) is 12.1 Å². The van der Waals surface area contributed by atoms with Gasteiger partial charge in [-0.25, -0.2) is 4.39 Å². The topological polar surface area (TPSA) is 69.8 Å². The molecule has 1 aromatic carbocycles. The lowest BCUT2D eigenvalue weighted by molar-refractivity contribution is -0.120. The monoisotopic (exact) mass is 332 g/mol. The average Bonchev–Trinajstić information content (AvgIpc) is 2.98. The quantitative estimate of drug-likeness (QED) is 0.682. The van der Waals surface area contributed by atoms with Gasteiger partial charge in [-0.1, -0.05) is 32.9 Å². The maximum Gasteiger partial charge on any atom is 0.224 e. The second-order valence-corrected chi connectivity index (χ2v) is 6.85. The number of H-pyrrole nitrogens is 1. The minimum atomic E-state index is -0.294. The van der Waals surface area contributed by atoms with Gasteiger partial charge in [-0.15, -0.1) is 0 Å². The zero-order chi connectivity index (χ0) is 17.6. The highest BCUT2D eigenvalue weighted by Crippen LogP contribution is 2.22. The molecule has 0 aliphatic carbocycles. The van der Waals surface area contributed by atoms with Gasteiger partial charge in [0.15, 0.2) is 0 Å². The van der Waals surface area contributed by atoms with Gasteiger partial charge in [0.05, 0.1) is 12.6 Å². The van der Waals surface area contributed by atoms with E-state index in [1.807, 2.05) is 6.20 Å². The number of hydrogen-bond acceptors (Lipinski definition) is 3. The van der Waals surface area contributed by atoms with E-state index in [2.05, 4.69) is 41.6 Å². The Labute approximate surface area is 142 Å². The Balaban J connectivity index is 1.67. The van der Waals surface area contributed by atoms with Gasteiger partial charge in [0, 0.05) is 36.3 Å². The van der Waals surface area contributed by atoms with Crippen molar-refractivity contribution in [2.24, 2.45) is 0 Å². The third-order valence-electron chi connectivity index (χ3n) is 3.69. The Hall–Kier alpha value is -2.21. The van der Waals surface area contributed by atoms with Crippen molar-refractivity contribution in [2.45, 2.75) is 39.2 Å². The molecule has 6 heteroatoms. The number of halogens is 1. The van der Waals surface area contributed by atoms with E-state index >= 15 is 0 Å². The third kappa shape index (κ3) is 5.45. The van der Waals surface area contributed by atoms with E-state index in [9.17, 15) is 9.18 Å². The number of aromatic amines is 1. The zero-order valence-electron chi connectivity index (χ0n) is 14.4. The molecular weight excluding hydrogens is 307 g/mol. The smallest absolute Gasteiger partial charge is 0.224 e. The van der Waals surface area contributed by atoms with Gasteiger partial charge in [-0.3, -0.25) is 9.89 Å². The van der Waals surface area contributed by atoms with Crippen LogP contribution in [-0.2, 0) is 23.2 Å². The van der Waals surface area contributed by atoms with Crippen molar-refractivity contribution in [2.75, 3.05) is 13.1 Å². The van der Waals surface area contributed by atoms with Crippen LogP contribution in [0.25, 0.3) is 0 Å². The van der Waals surface area contributed by atoms with E-state index in [0.29, 0.717) is 19.6 Å². The van der Waals surface area contributed by atoms with Crippen molar-refractivity contribution < 1.29 is 9.18 Å². The van der Waals surface area contributed by atoms with Crippen LogP contribution in [0.5, 0.6) is 0 Å². The third-order valence-corrected chi connectivity index (χ3v) is 3.69. The van der Waals surface area contributed by atoms with Crippen LogP contribution in [0.3, 0.4) is 0 Å². The van der Waals surface area contributed by atoms with Crippen molar-refractivity contribution in [1.29, 1.82) is 0 Å². The van der Waals surface area contributed by atoms with Gasteiger partial charge in [-0.05, 0) is 17.7 Å². The molecular formula is C18H25FN4O. The summed E-state index contributed by atoms with van der Waals surface area (Å²) in [4.78, 5) is 11.8. The molecule has 0 aliphatic heterocycles. The van der Waals surface area contributed by atoms with Gasteiger partial charge in [0.1, 0.15) is 5.82 Å². The molecule has 0 spiro atoms. The predicted octanol–water partition coefficient (Wildman–Crippen LogP) is 2.29. The highest BCUT2D eigenvalue weighted by molar-refractivity contribution is 5.78. The number of carbonyl (C=O) groups is 1. The SMILES string of the molecule is CC(C)(C)c1[nH]ncc1CNCCNC(=O)Cc1ccc(F)cc1. The fourth-order valence-electron chi connectivity index (χ4n) is 2.46. The summed E-state index contributed by atoms with van der Waals surface area (Å²) in [5, 5.41) is 13.3. The van der Waals surface area contributed by atoms with E-state index in [0.717, 1.165) is 16.8 Å². The molecule has 0 fully saturated rings. The number of nitrogens with zero attached hydrogens (tertiary/aromatic N) is 1. The van der Waals surface area contributed by atoms with Crippen molar-refractivity contribution in [3.8, 4) is 0 Å². The molecule has 5 nitrogen and oxygen atoms in total. The van der Waals surface area contributed by atoms with Crippen molar-refractivity contribution in [3.63, 3.8) is 0 Å². The lowest BCUT2D eigenvalue weighted by atomic mass is 9.89. The highest BCUT2D eigenvalue weighted by atomic mass is 19.1. The summed E-state index contributed by atoms with van der Waals surface area (Å²) >= 11 is 0. The zero-order valence-corrected chi connectivity index (χ0v) is 14.4. The van der Waals surface area contributed by atoms with Gasteiger partial charge >= 0.3 is 0 Å². The first-order valence-corrected chi connectivity index (χ1v) is 8.11. The molecule has 0 aliphatic rings. The Morgan fingerprint density at radius 1 is 1.21 bits per heavy atom. The summed E-state index contributed by atoms with van der Waals surface area (Å²) in [7, 11) is 0. The summed E-state index contributed by atoms with van der Waals surface area (Å²) in [6.45, 7) is 8.34. The standard InChI is InChI=1S/C18H25FN4O/c1-18(2,3)17-14(12-22-23-17)11-20-8-9-21-16(24)10-13-4-6-15(19)7-5-13/h4-7,12,20H,8-11H2,1-3H3,(H,21,24)(H,22,23). The number of carbonyl (C=O) groups excluding carboxylic acids is 1. The van der Waals surface area contributed by atoms with E-state index in [-0.39, 0.29) is 23.6 Å². The summed E-state index contributed by atoms with van der Waals surface area (Å²) < 4.78 is 12.8. The highest BCUT2D eigenvalue weighted by Gasteiger charge is 2.19. The number of amides is 1. The number of nitrogens with one attached hydrogen (secondary N) is 3. The molecule has 2 aromatic rings. The molecule has 3 N–H and O–H groups in total. The Kier molecular flexibility index (Phi) is 6.09. The number of hydrogen-bond donors (Lipinski definition) is 3. The van der Waals surface area contributed by atoms with E-state index in [1.54, 1.807) is 12.1 Å². The second kappa shape index (κ2) is 8.06. The van der Waals surface area contributed by atoms with Crippen LogP contribution in [-0.4, -0.2) is 29.2 Å². The molecule has 1 amide bonds. The molecule has 0 radical (unpaired) electrons. The minimum Gasteiger partial charge on any atom is -0.355 e. The van der Waals surface area contributed by atoms with Crippen LogP contribution in [0.4, 0.5) is 4.39 Å². The van der Waals surface area contributed by atoms with Crippen molar-refractivity contribution in [1.82, 2.24) is 20.8 Å². The molecule has 0 atom stereocenters. The largest absolute Gasteiger partial charge is 0.355 e. The lowest BCUT2D eigenvalue weighted by Gasteiger charge is -2.18. The van der Waals surface area contributed by atoms with Gasteiger partial charge in [-0.2, -0.15) is 5.10 Å². The molecule has 0 unspecified atom stereocenters. The number of rotatable bonds is 7. The minimum absolute atomic E-state index is 0.0247. The Morgan fingerprint density at radius 3 is 2.58 bits per heavy atom. The molecule has 0 saturated heterocycles. The lowest BCUT2D eigenvalue weighted by Crippen LogP contribution is -2.32. The van der Waals surface area contributed by atoms with Crippen LogP contribution >= 0.6 is 0 Å². The Bertz CT molecular complexity index is 658. The van der Waals surface area contributed by atoms with Gasteiger partial charge in [0.2, 0.25) is 5.91 Å². The fraction of sp³-hybridized carbons (Fsp3) is 0.444.